The topological polar surface area (TPSA) is 29.9 Å². The van der Waals surface area contributed by atoms with E-state index in [0.717, 1.165) is 13.0 Å². The van der Waals surface area contributed by atoms with Crippen LogP contribution in [0.25, 0.3) is 11.1 Å². The Bertz CT molecular complexity index is 481. The van der Waals surface area contributed by atoms with Gasteiger partial charge in [-0.1, -0.05) is 31.2 Å². The molecule has 1 aromatic heterocycles. The zero-order valence-electron chi connectivity index (χ0n) is 11.4. The van der Waals surface area contributed by atoms with E-state index >= 15 is 0 Å². The van der Waals surface area contributed by atoms with Gasteiger partial charge in [-0.15, -0.1) is 0 Å². The summed E-state index contributed by atoms with van der Waals surface area (Å²) in [6, 6.07) is 9.18. The molecule has 0 aliphatic rings. The number of benzene rings is 1. The highest BCUT2D eigenvalue weighted by molar-refractivity contribution is 5.62. The van der Waals surface area contributed by atoms with Crippen molar-refractivity contribution in [2.75, 3.05) is 7.05 Å². The summed E-state index contributed by atoms with van der Waals surface area (Å²) < 4.78 is 1.95. The van der Waals surface area contributed by atoms with Gasteiger partial charge in [-0.3, -0.25) is 4.68 Å². The zero-order chi connectivity index (χ0) is 13.0. The van der Waals surface area contributed by atoms with Crippen molar-refractivity contribution in [2.45, 2.75) is 32.9 Å². The molecule has 1 atom stereocenters. The minimum Gasteiger partial charge on any atom is -0.313 e. The molecule has 0 aliphatic carbocycles. The molecule has 18 heavy (non-hydrogen) atoms. The lowest BCUT2D eigenvalue weighted by Crippen LogP contribution is -2.14. The molecule has 96 valence electrons. The van der Waals surface area contributed by atoms with Gasteiger partial charge in [-0.05, 0) is 31.5 Å². The largest absolute Gasteiger partial charge is 0.313 e. The highest BCUT2D eigenvalue weighted by atomic mass is 15.3. The maximum Gasteiger partial charge on any atom is 0.0568 e. The van der Waals surface area contributed by atoms with Crippen LogP contribution in [0.3, 0.4) is 0 Å². The van der Waals surface area contributed by atoms with Gasteiger partial charge in [0.05, 0.1) is 6.20 Å². The highest BCUT2D eigenvalue weighted by Crippen LogP contribution is 2.22. The summed E-state index contributed by atoms with van der Waals surface area (Å²) >= 11 is 0. The van der Waals surface area contributed by atoms with Crippen LogP contribution in [0.4, 0.5) is 0 Å². The predicted molar refractivity (Wildman–Crippen MR) is 75.4 cm³/mol. The van der Waals surface area contributed by atoms with Gasteiger partial charge in [0.25, 0.3) is 0 Å². The van der Waals surface area contributed by atoms with Gasteiger partial charge in [0.15, 0.2) is 0 Å². The van der Waals surface area contributed by atoms with E-state index in [0.29, 0.717) is 6.04 Å². The van der Waals surface area contributed by atoms with Crippen molar-refractivity contribution in [1.82, 2.24) is 15.1 Å². The molecule has 2 aromatic rings. The van der Waals surface area contributed by atoms with Gasteiger partial charge in [0.1, 0.15) is 0 Å². The number of rotatable bonds is 5. The van der Waals surface area contributed by atoms with Gasteiger partial charge < -0.3 is 5.32 Å². The van der Waals surface area contributed by atoms with Crippen LogP contribution in [-0.2, 0) is 6.54 Å². The van der Waals surface area contributed by atoms with Crippen molar-refractivity contribution in [3.8, 4) is 11.1 Å². The Balaban J connectivity index is 2.21. The van der Waals surface area contributed by atoms with Crippen LogP contribution in [0, 0.1) is 0 Å². The van der Waals surface area contributed by atoms with E-state index in [-0.39, 0.29) is 0 Å². The first-order valence-electron chi connectivity index (χ1n) is 6.58. The van der Waals surface area contributed by atoms with Crippen molar-refractivity contribution in [1.29, 1.82) is 0 Å². The molecule has 1 aromatic carbocycles. The molecule has 1 unspecified atom stereocenters. The summed E-state index contributed by atoms with van der Waals surface area (Å²) in [6.07, 6.45) is 5.11. The van der Waals surface area contributed by atoms with Crippen LogP contribution in [0.15, 0.2) is 36.7 Å². The third-order valence-electron chi connectivity index (χ3n) is 3.36. The molecule has 0 fully saturated rings. The molecule has 3 heteroatoms. The Kier molecular flexibility index (Phi) is 4.15. The summed E-state index contributed by atoms with van der Waals surface area (Å²) in [5.74, 6) is 0. The molecule has 2 rings (SSSR count). The lowest BCUT2D eigenvalue weighted by molar-refractivity contribution is 0.577. The Morgan fingerprint density at radius 2 is 1.89 bits per heavy atom. The summed E-state index contributed by atoms with van der Waals surface area (Å²) in [7, 11) is 2.01. The molecular weight excluding hydrogens is 222 g/mol. The third kappa shape index (κ3) is 2.62. The number of aromatic nitrogens is 2. The molecule has 1 N–H and O–H groups in total. The fraction of sp³-hybridized carbons (Fsp3) is 0.400. The Morgan fingerprint density at radius 1 is 1.17 bits per heavy atom. The van der Waals surface area contributed by atoms with E-state index in [9.17, 15) is 0 Å². The van der Waals surface area contributed by atoms with Gasteiger partial charge >= 0.3 is 0 Å². The summed E-state index contributed by atoms with van der Waals surface area (Å²) in [4.78, 5) is 0. The van der Waals surface area contributed by atoms with E-state index < -0.39 is 0 Å². The molecule has 3 nitrogen and oxygen atoms in total. The van der Waals surface area contributed by atoms with Crippen molar-refractivity contribution in [3.05, 3.63) is 42.2 Å². The normalized spacial score (nSPS) is 12.6. The van der Waals surface area contributed by atoms with Gasteiger partial charge in [-0.2, -0.15) is 5.10 Å². The van der Waals surface area contributed by atoms with Gasteiger partial charge in [-0.25, -0.2) is 0 Å². The molecule has 0 bridgehead atoms. The van der Waals surface area contributed by atoms with Crippen LogP contribution >= 0.6 is 0 Å². The van der Waals surface area contributed by atoms with E-state index in [4.69, 9.17) is 0 Å². The minimum absolute atomic E-state index is 0.442. The molecule has 0 amide bonds. The van der Waals surface area contributed by atoms with Crippen molar-refractivity contribution in [2.24, 2.45) is 0 Å². The Labute approximate surface area is 109 Å². The average Bonchev–Trinajstić information content (AvgIpc) is 2.90. The van der Waals surface area contributed by atoms with Crippen molar-refractivity contribution in [3.63, 3.8) is 0 Å². The number of nitrogens with zero attached hydrogens (tertiary/aromatic N) is 2. The maximum absolute atomic E-state index is 4.31. The van der Waals surface area contributed by atoms with Crippen molar-refractivity contribution < 1.29 is 0 Å². The third-order valence-corrected chi connectivity index (χ3v) is 3.36. The van der Waals surface area contributed by atoms with Gasteiger partial charge in [0, 0.05) is 24.3 Å². The molecule has 1 heterocycles. The zero-order valence-corrected chi connectivity index (χ0v) is 11.4. The monoisotopic (exact) mass is 243 g/mol. The SMILES string of the molecule is CCC(NC)c1ccc(-c2cnn(CC)c2)cc1. The lowest BCUT2D eigenvalue weighted by atomic mass is 10.0. The number of hydrogen-bond donors (Lipinski definition) is 1. The van der Waals surface area contributed by atoms with E-state index in [2.05, 4.69) is 54.7 Å². The second-order valence-corrected chi connectivity index (χ2v) is 4.46. The lowest BCUT2D eigenvalue weighted by Gasteiger charge is -2.14. The van der Waals surface area contributed by atoms with Gasteiger partial charge in [0.2, 0.25) is 0 Å². The second kappa shape index (κ2) is 5.83. The quantitative estimate of drug-likeness (QED) is 0.873. The summed E-state index contributed by atoms with van der Waals surface area (Å²) in [5.41, 5.74) is 3.75. The number of nitrogens with one attached hydrogen (secondary N) is 1. The van der Waals surface area contributed by atoms with E-state index in [1.54, 1.807) is 0 Å². The van der Waals surface area contributed by atoms with E-state index in [1.165, 1.54) is 16.7 Å². The first-order chi connectivity index (χ1) is 8.78. The minimum atomic E-state index is 0.442. The maximum atomic E-state index is 4.31. The molecule has 0 saturated heterocycles. The summed E-state index contributed by atoms with van der Waals surface area (Å²) in [5, 5.41) is 7.63. The van der Waals surface area contributed by atoms with Crippen LogP contribution in [0.1, 0.15) is 31.9 Å². The number of hydrogen-bond acceptors (Lipinski definition) is 2. The first kappa shape index (κ1) is 12.8. The Morgan fingerprint density at radius 3 is 2.39 bits per heavy atom. The Hall–Kier alpha value is -1.61. The van der Waals surface area contributed by atoms with Crippen LogP contribution in [0.2, 0.25) is 0 Å². The molecule has 0 radical (unpaired) electrons. The van der Waals surface area contributed by atoms with Crippen LogP contribution in [0.5, 0.6) is 0 Å². The fourth-order valence-corrected chi connectivity index (χ4v) is 2.20. The first-order valence-corrected chi connectivity index (χ1v) is 6.58. The highest BCUT2D eigenvalue weighted by Gasteiger charge is 2.07. The van der Waals surface area contributed by atoms with E-state index in [1.807, 2.05) is 17.9 Å². The van der Waals surface area contributed by atoms with Crippen molar-refractivity contribution >= 4 is 0 Å². The van der Waals surface area contributed by atoms with Crippen LogP contribution < -0.4 is 5.32 Å². The predicted octanol–water partition coefficient (Wildman–Crippen LogP) is 3.24. The second-order valence-electron chi connectivity index (χ2n) is 4.46. The molecule has 0 spiro atoms. The molecule has 0 saturated carbocycles. The molecule has 0 aliphatic heterocycles. The summed E-state index contributed by atoms with van der Waals surface area (Å²) in [6.45, 7) is 5.20. The van der Waals surface area contributed by atoms with Crippen LogP contribution in [-0.4, -0.2) is 16.8 Å². The smallest absolute Gasteiger partial charge is 0.0568 e. The standard InChI is InChI=1S/C15H21N3/c1-4-15(16-3)13-8-6-12(7-9-13)14-10-17-18(5-2)11-14/h6-11,15-16H,4-5H2,1-3H3. The molecular formula is C15H21N3. The number of aryl methyl sites for hydroxylation is 1. The average molecular weight is 243 g/mol. The fourth-order valence-electron chi connectivity index (χ4n) is 2.20.